The highest BCUT2D eigenvalue weighted by Gasteiger charge is 2.34. The van der Waals surface area contributed by atoms with E-state index in [4.69, 9.17) is 9.47 Å². The van der Waals surface area contributed by atoms with E-state index in [1.165, 1.54) is 32.1 Å². The normalized spacial score (nSPS) is 19.6. The van der Waals surface area contributed by atoms with Crippen LogP contribution in [-0.4, -0.2) is 19.0 Å². The lowest BCUT2D eigenvalue weighted by atomic mass is 10.0. The number of ether oxygens (including phenoxy) is 2. The molecule has 1 saturated heterocycles. The highest BCUT2D eigenvalue weighted by molar-refractivity contribution is 4.73. The van der Waals surface area contributed by atoms with Crippen LogP contribution in [0.3, 0.4) is 0 Å². The Bertz CT molecular complexity index is 151. The molecule has 1 aliphatic rings. The van der Waals surface area contributed by atoms with Gasteiger partial charge in [0.15, 0.2) is 5.79 Å². The van der Waals surface area contributed by atoms with Crippen LogP contribution in [0.5, 0.6) is 0 Å². The average Bonchev–Trinajstić information content (AvgIpc) is 2.67. The molecule has 0 saturated carbocycles. The zero-order valence-electron chi connectivity index (χ0n) is 10.4. The van der Waals surface area contributed by atoms with Gasteiger partial charge in [0, 0.05) is 12.8 Å². The lowest BCUT2D eigenvalue weighted by Gasteiger charge is -2.26. The van der Waals surface area contributed by atoms with Crippen LogP contribution >= 0.6 is 0 Å². The molecule has 0 atom stereocenters. The first-order chi connectivity index (χ1) is 7.33. The second kappa shape index (κ2) is 7.24. The molecule has 0 aromatic heterocycles. The van der Waals surface area contributed by atoms with Gasteiger partial charge in [0.1, 0.15) is 0 Å². The fourth-order valence-corrected chi connectivity index (χ4v) is 2.29. The van der Waals surface area contributed by atoms with Crippen molar-refractivity contribution in [1.29, 1.82) is 0 Å². The maximum atomic E-state index is 5.77. The molecule has 2 heteroatoms. The van der Waals surface area contributed by atoms with Gasteiger partial charge < -0.3 is 9.47 Å². The lowest BCUT2D eigenvalue weighted by Crippen LogP contribution is -2.29. The summed E-state index contributed by atoms with van der Waals surface area (Å²) in [7, 11) is 0. The molecule has 0 N–H and O–H groups in total. The molecule has 1 aliphatic heterocycles. The summed E-state index contributed by atoms with van der Waals surface area (Å²) in [5, 5.41) is 0. The molecule has 0 aromatic rings. The Labute approximate surface area is 94.3 Å². The van der Waals surface area contributed by atoms with Gasteiger partial charge >= 0.3 is 0 Å². The van der Waals surface area contributed by atoms with E-state index in [1.54, 1.807) is 0 Å². The SMILES string of the molecule is CCCCCCCC1(CCC)OCCO1. The fourth-order valence-electron chi connectivity index (χ4n) is 2.29. The summed E-state index contributed by atoms with van der Waals surface area (Å²) in [5.41, 5.74) is 0. The van der Waals surface area contributed by atoms with Crippen molar-refractivity contribution in [1.82, 2.24) is 0 Å². The summed E-state index contributed by atoms with van der Waals surface area (Å²) in [5.74, 6) is -0.207. The maximum absolute atomic E-state index is 5.77. The Balaban J connectivity index is 2.14. The Morgan fingerprint density at radius 3 is 2.07 bits per heavy atom. The average molecular weight is 214 g/mol. The molecule has 0 radical (unpaired) electrons. The van der Waals surface area contributed by atoms with Crippen molar-refractivity contribution >= 4 is 0 Å². The predicted molar refractivity (Wildman–Crippen MR) is 62.9 cm³/mol. The van der Waals surface area contributed by atoms with E-state index in [0.29, 0.717) is 0 Å². The van der Waals surface area contributed by atoms with Gasteiger partial charge in [-0.25, -0.2) is 0 Å². The molecular formula is C13H26O2. The summed E-state index contributed by atoms with van der Waals surface area (Å²) in [6.45, 7) is 6.02. The first-order valence-corrected chi connectivity index (χ1v) is 6.61. The standard InChI is InChI=1S/C13H26O2/c1-3-5-6-7-8-10-13(9-4-2)14-11-12-15-13/h3-12H2,1-2H3. The van der Waals surface area contributed by atoms with E-state index in [9.17, 15) is 0 Å². The quantitative estimate of drug-likeness (QED) is 0.571. The first kappa shape index (κ1) is 13.0. The molecule has 1 heterocycles. The minimum absolute atomic E-state index is 0.207. The molecule has 1 fully saturated rings. The highest BCUT2D eigenvalue weighted by atomic mass is 16.7. The van der Waals surface area contributed by atoms with Crippen molar-refractivity contribution in [3.05, 3.63) is 0 Å². The van der Waals surface area contributed by atoms with Gasteiger partial charge in [-0.05, 0) is 6.42 Å². The summed E-state index contributed by atoms with van der Waals surface area (Å²) < 4.78 is 11.5. The van der Waals surface area contributed by atoms with E-state index >= 15 is 0 Å². The molecule has 0 aromatic carbocycles. The number of hydrogen-bond donors (Lipinski definition) is 0. The van der Waals surface area contributed by atoms with Gasteiger partial charge in [-0.15, -0.1) is 0 Å². The minimum Gasteiger partial charge on any atom is -0.348 e. The molecule has 0 aliphatic carbocycles. The van der Waals surface area contributed by atoms with Gasteiger partial charge in [-0.1, -0.05) is 46.0 Å². The fraction of sp³-hybridized carbons (Fsp3) is 1.00. The number of rotatable bonds is 8. The number of unbranched alkanes of at least 4 members (excludes halogenated alkanes) is 4. The van der Waals surface area contributed by atoms with Gasteiger partial charge in [-0.2, -0.15) is 0 Å². The van der Waals surface area contributed by atoms with Crippen molar-refractivity contribution in [3.63, 3.8) is 0 Å². The Morgan fingerprint density at radius 2 is 1.47 bits per heavy atom. The van der Waals surface area contributed by atoms with Crippen molar-refractivity contribution in [2.75, 3.05) is 13.2 Å². The zero-order chi connectivity index (χ0) is 11.0. The van der Waals surface area contributed by atoms with Crippen molar-refractivity contribution in [2.45, 2.75) is 71.0 Å². The largest absolute Gasteiger partial charge is 0.348 e. The minimum atomic E-state index is -0.207. The van der Waals surface area contributed by atoms with E-state index in [-0.39, 0.29) is 5.79 Å². The van der Waals surface area contributed by atoms with Crippen LogP contribution in [-0.2, 0) is 9.47 Å². The Hall–Kier alpha value is -0.0800. The first-order valence-electron chi connectivity index (χ1n) is 6.61. The van der Waals surface area contributed by atoms with E-state index < -0.39 is 0 Å². The van der Waals surface area contributed by atoms with Crippen LogP contribution < -0.4 is 0 Å². The van der Waals surface area contributed by atoms with Gasteiger partial charge in [-0.3, -0.25) is 0 Å². The van der Waals surface area contributed by atoms with Crippen LogP contribution in [0.4, 0.5) is 0 Å². The van der Waals surface area contributed by atoms with Gasteiger partial charge in [0.05, 0.1) is 13.2 Å². The topological polar surface area (TPSA) is 18.5 Å². The molecule has 0 amide bonds. The van der Waals surface area contributed by atoms with Gasteiger partial charge in [0.25, 0.3) is 0 Å². The smallest absolute Gasteiger partial charge is 0.168 e. The van der Waals surface area contributed by atoms with Crippen LogP contribution in [0.15, 0.2) is 0 Å². The second-order valence-corrected chi connectivity index (χ2v) is 4.52. The van der Waals surface area contributed by atoms with Crippen molar-refractivity contribution in [2.24, 2.45) is 0 Å². The van der Waals surface area contributed by atoms with Gasteiger partial charge in [0.2, 0.25) is 0 Å². The summed E-state index contributed by atoms with van der Waals surface area (Å²) >= 11 is 0. The third-order valence-electron chi connectivity index (χ3n) is 3.11. The summed E-state index contributed by atoms with van der Waals surface area (Å²) in [4.78, 5) is 0. The number of hydrogen-bond acceptors (Lipinski definition) is 2. The molecule has 0 bridgehead atoms. The van der Waals surface area contributed by atoms with Crippen molar-refractivity contribution in [3.8, 4) is 0 Å². The molecule has 2 nitrogen and oxygen atoms in total. The third kappa shape index (κ3) is 4.52. The maximum Gasteiger partial charge on any atom is 0.168 e. The molecule has 15 heavy (non-hydrogen) atoms. The van der Waals surface area contributed by atoms with E-state index in [2.05, 4.69) is 13.8 Å². The van der Waals surface area contributed by atoms with E-state index in [1.807, 2.05) is 0 Å². The molecular weight excluding hydrogens is 188 g/mol. The zero-order valence-corrected chi connectivity index (χ0v) is 10.4. The Kier molecular flexibility index (Phi) is 6.26. The highest BCUT2D eigenvalue weighted by Crippen LogP contribution is 2.30. The summed E-state index contributed by atoms with van der Waals surface area (Å²) in [6, 6.07) is 0. The van der Waals surface area contributed by atoms with Crippen LogP contribution in [0.1, 0.15) is 65.2 Å². The monoisotopic (exact) mass is 214 g/mol. The predicted octanol–water partition coefficient (Wildman–Crippen LogP) is 3.89. The van der Waals surface area contributed by atoms with Crippen LogP contribution in [0.2, 0.25) is 0 Å². The second-order valence-electron chi connectivity index (χ2n) is 4.52. The Morgan fingerprint density at radius 1 is 0.800 bits per heavy atom. The van der Waals surface area contributed by atoms with Crippen LogP contribution in [0.25, 0.3) is 0 Å². The third-order valence-corrected chi connectivity index (χ3v) is 3.11. The molecule has 90 valence electrons. The molecule has 0 unspecified atom stereocenters. The van der Waals surface area contributed by atoms with E-state index in [0.717, 1.165) is 32.5 Å². The summed E-state index contributed by atoms with van der Waals surface area (Å²) in [6.07, 6.45) is 9.90. The van der Waals surface area contributed by atoms with Crippen LogP contribution in [0, 0.1) is 0 Å². The van der Waals surface area contributed by atoms with Crippen molar-refractivity contribution < 1.29 is 9.47 Å². The molecule has 1 rings (SSSR count). The molecule has 0 spiro atoms. The lowest BCUT2D eigenvalue weighted by molar-refractivity contribution is -0.167.